The summed E-state index contributed by atoms with van der Waals surface area (Å²) in [5.74, 6) is -5.83. The van der Waals surface area contributed by atoms with E-state index in [9.17, 15) is 22.4 Å². The Bertz CT molecular complexity index is 372. The number of aliphatic carboxylic acids is 1. The SMILES string of the molecule is O=C(O)CC(c1c(F)cccc1F)C(F)F. The first-order chi connectivity index (χ1) is 7.43. The lowest BCUT2D eigenvalue weighted by molar-refractivity contribution is -0.138. The summed E-state index contributed by atoms with van der Waals surface area (Å²) in [6.45, 7) is 0. The van der Waals surface area contributed by atoms with E-state index in [1.807, 2.05) is 0 Å². The topological polar surface area (TPSA) is 37.3 Å². The van der Waals surface area contributed by atoms with E-state index in [1.54, 1.807) is 0 Å². The van der Waals surface area contributed by atoms with Gasteiger partial charge in [-0.05, 0) is 12.1 Å². The van der Waals surface area contributed by atoms with Gasteiger partial charge >= 0.3 is 5.97 Å². The van der Waals surface area contributed by atoms with Crippen LogP contribution >= 0.6 is 0 Å². The Labute approximate surface area is 88.5 Å². The summed E-state index contributed by atoms with van der Waals surface area (Å²) < 4.78 is 51.3. The number of carbonyl (C=O) groups is 1. The van der Waals surface area contributed by atoms with Crippen LogP contribution < -0.4 is 0 Å². The number of hydrogen-bond acceptors (Lipinski definition) is 1. The first-order valence-electron chi connectivity index (χ1n) is 4.37. The Morgan fingerprint density at radius 3 is 2.12 bits per heavy atom. The number of rotatable bonds is 4. The Hall–Kier alpha value is -1.59. The quantitative estimate of drug-likeness (QED) is 0.816. The molecule has 0 saturated heterocycles. The Balaban J connectivity index is 3.15. The molecule has 1 aromatic carbocycles. The minimum absolute atomic E-state index is 0.815. The van der Waals surface area contributed by atoms with Gasteiger partial charge in [-0.15, -0.1) is 0 Å². The largest absolute Gasteiger partial charge is 0.481 e. The van der Waals surface area contributed by atoms with E-state index in [0.717, 1.165) is 18.2 Å². The third-order valence-electron chi connectivity index (χ3n) is 2.07. The maximum Gasteiger partial charge on any atom is 0.304 e. The van der Waals surface area contributed by atoms with E-state index in [2.05, 4.69) is 0 Å². The molecule has 1 rings (SSSR count). The number of halogens is 4. The van der Waals surface area contributed by atoms with Crippen molar-refractivity contribution in [2.45, 2.75) is 18.8 Å². The van der Waals surface area contributed by atoms with Gasteiger partial charge in [-0.25, -0.2) is 17.6 Å². The van der Waals surface area contributed by atoms with E-state index in [0.29, 0.717) is 0 Å². The average Bonchev–Trinajstić information content (AvgIpc) is 2.15. The first-order valence-corrected chi connectivity index (χ1v) is 4.37. The molecular formula is C10H8F4O2. The van der Waals surface area contributed by atoms with Crippen LogP contribution in [0.4, 0.5) is 17.6 Å². The van der Waals surface area contributed by atoms with E-state index in [1.165, 1.54) is 0 Å². The summed E-state index contributed by atoms with van der Waals surface area (Å²) in [6, 6.07) is 2.66. The zero-order valence-electron chi connectivity index (χ0n) is 7.96. The van der Waals surface area contributed by atoms with Crippen molar-refractivity contribution in [2.24, 2.45) is 0 Å². The van der Waals surface area contributed by atoms with Gasteiger partial charge in [0.1, 0.15) is 11.6 Å². The maximum absolute atomic E-state index is 13.1. The van der Waals surface area contributed by atoms with Crippen molar-refractivity contribution in [1.29, 1.82) is 0 Å². The van der Waals surface area contributed by atoms with Crippen LogP contribution in [0.2, 0.25) is 0 Å². The lowest BCUT2D eigenvalue weighted by atomic mass is 9.95. The van der Waals surface area contributed by atoms with Crippen LogP contribution in [0.15, 0.2) is 18.2 Å². The second-order valence-corrected chi connectivity index (χ2v) is 3.17. The summed E-state index contributed by atoms with van der Waals surface area (Å²) in [4.78, 5) is 10.3. The van der Waals surface area contributed by atoms with Gasteiger partial charge in [0, 0.05) is 5.56 Å². The fourth-order valence-electron chi connectivity index (χ4n) is 1.37. The minimum Gasteiger partial charge on any atom is -0.481 e. The fourth-order valence-corrected chi connectivity index (χ4v) is 1.37. The molecule has 88 valence electrons. The predicted octanol–water partition coefficient (Wildman–Crippen LogP) is 2.79. The van der Waals surface area contributed by atoms with Crippen LogP contribution in [0.5, 0.6) is 0 Å². The van der Waals surface area contributed by atoms with E-state index in [4.69, 9.17) is 5.11 Å². The second-order valence-electron chi connectivity index (χ2n) is 3.17. The zero-order valence-corrected chi connectivity index (χ0v) is 7.96. The van der Waals surface area contributed by atoms with Crippen molar-refractivity contribution < 1.29 is 27.5 Å². The molecular weight excluding hydrogens is 228 g/mol. The maximum atomic E-state index is 13.1. The molecule has 1 N–H and O–H groups in total. The number of carboxylic acid groups (broad SMARTS) is 1. The normalized spacial score (nSPS) is 12.8. The number of carboxylic acids is 1. The van der Waals surface area contributed by atoms with Crippen molar-refractivity contribution in [3.63, 3.8) is 0 Å². The molecule has 0 radical (unpaired) electrons. The molecule has 0 heterocycles. The van der Waals surface area contributed by atoms with Crippen molar-refractivity contribution in [2.75, 3.05) is 0 Å². The van der Waals surface area contributed by atoms with E-state index in [-0.39, 0.29) is 0 Å². The van der Waals surface area contributed by atoms with Crippen LogP contribution in [0.1, 0.15) is 17.9 Å². The lowest BCUT2D eigenvalue weighted by Gasteiger charge is -2.15. The van der Waals surface area contributed by atoms with Crippen LogP contribution in [-0.2, 0) is 4.79 Å². The molecule has 1 atom stereocenters. The number of alkyl halides is 2. The lowest BCUT2D eigenvalue weighted by Crippen LogP contribution is -2.17. The molecule has 2 nitrogen and oxygen atoms in total. The molecule has 0 bridgehead atoms. The number of benzene rings is 1. The van der Waals surface area contributed by atoms with Gasteiger partial charge in [0.25, 0.3) is 0 Å². The van der Waals surface area contributed by atoms with Gasteiger partial charge in [-0.3, -0.25) is 4.79 Å². The van der Waals surface area contributed by atoms with Crippen LogP contribution in [0, 0.1) is 11.6 Å². The smallest absolute Gasteiger partial charge is 0.304 e. The average molecular weight is 236 g/mol. The third kappa shape index (κ3) is 2.71. The molecule has 0 fully saturated rings. The van der Waals surface area contributed by atoms with Gasteiger partial charge in [-0.1, -0.05) is 6.07 Å². The van der Waals surface area contributed by atoms with Gasteiger partial charge in [0.05, 0.1) is 12.3 Å². The second kappa shape index (κ2) is 4.96. The van der Waals surface area contributed by atoms with Crippen LogP contribution in [0.25, 0.3) is 0 Å². The molecule has 0 aliphatic carbocycles. The molecule has 0 spiro atoms. The van der Waals surface area contributed by atoms with Crippen molar-refractivity contribution in [3.8, 4) is 0 Å². The highest BCUT2D eigenvalue weighted by molar-refractivity contribution is 5.68. The molecule has 0 aliphatic rings. The highest BCUT2D eigenvalue weighted by Gasteiger charge is 2.30. The minimum atomic E-state index is -3.14. The van der Waals surface area contributed by atoms with Crippen LogP contribution in [0.3, 0.4) is 0 Å². The highest BCUT2D eigenvalue weighted by Crippen LogP contribution is 2.30. The highest BCUT2D eigenvalue weighted by atomic mass is 19.3. The van der Waals surface area contributed by atoms with Gasteiger partial charge < -0.3 is 5.11 Å². The predicted molar refractivity (Wildman–Crippen MR) is 47.4 cm³/mol. The molecule has 0 aromatic heterocycles. The summed E-state index contributed by atoms with van der Waals surface area (Å²) in [7, 11) is 0. The van der Waals surface area contributed by atoms with Gasteiger partial charge in [0.2, 0.25) is 6.43 Å². The van der Waals surface area contributed by atoms with Crippen LogP contribution in [-0.4, -0.2) is 17.5 Å². The summed E-state index contributed by atoms with van der Waals surface area (Å²) in [5.41, 5.74) is -0.875. The molecule has 16 heavy (non-hydrogen) atoms. The molecule has 6 heteroatoms. The van der Waals surface area contributed by atoms with Gasteiger partial charge in [-0.2, -0.15) is 0 Å². The van der Waals surface area contributed by atoms with Crippen molar-refractivity contribution in [3.05, 3.63) is 35.4 Å². The molecule has 0 amide bonds. The molecule has 0 aliphatic heterocycles. The summed E-state index contributed by atoms with van der Waals surface area (Å²) in [5, 5.41) is 8.40. The van der Waals surface area contributed by atoms with E-state index < -0.39 is 41.9 Å². The standard InChI is InChI=1S/C10H8F4O2/c11-6-2-1-3-7(12)9(6)5(10(13)14)4-8(15)16/h1-3,5,10H,4H2,(H,15,16). The first kappa shape index (κ1) is 12.5. The molecule has 1 aromatic rings. The monoisotopic (exact) mass is 236 g/mol. The summed E-state index contributed by atoms with van der Waals surface area (Å²) in [6.07, 6.45) is -4.15. The Morgan fingerprint density at radius 1 is 1.25 bits per heavy atom. The Morgan fingerprint density at radius 2 is 1.75 bits per heavy atom. The molecule has 1 unspecified atom stereocenters. The van der Waals surface area contributed by atoms with Crippen molar-refractivity contribution >= 4 is 5.97 Å². The Kier molecular flexibility index (Phi) is 3.87. The van der Waals surface area contributed by atoms with Gasteiger partial charge in [0.15, 0.2) is 0 Å². The zero-order chi connectivity index (χ0) is 12.3. The van der Waals surface area contributed by atoms with Crippen molar-refractivity contribution in [1.82, 2.24) is 0 Å². The van der Waals surface area contributed by atoms with E-state index >= 15 is 0 Å². The number of hydrogen-bond donors (Lipinski definition) is 1. The summed E-state index contributed by atoms with van der Waals surface area (Å²) >= 11 is 0. The fraction of sp³-hybridized carbons (Fsp3) is 0.300. The molecule has 0 saturated carbocycles. The third-order valence-corrected chi connectivity index (χ3v) is 2.07.